The molecular formula is C29H50O7. The van der Waals surface area contributed by atoms with E-state index in [4.69, 9.17) is 14.6 Å². The second-order valence-electron chi connectivity index (χ2n) is 9.35. The lowest BCUT2D eigenvalue weighted by molar-refractivity contribution is -0.150. The fourth-order valence-electron chi connectivity index (χ4n) is 3.52. The Bertz CT molecular complexity index is 613. The molecule has 0 heterocycles. The first kappa shape index (κ1) is 33.8. The van der Waals surface area contributed by atoms with Gasteiger partial charge in [-0.1, -0.05) is 69.8 Å². The summed E-state index contributed by atoms with van der Waals surface area (Å²) in [5, 5.41) is 18.0. The first-order valence-electron chi connectivity index (χ1n) is 13.9. The molecule has 0 radical (unpaired) electrons. The van der Waals surface area contributed by atoms with Crippen LogP contribution in [0.5, 0.6) is 0 Å². The highest BCUT2D eigenvalue weighted by molar-refractivity contribution is 5.69. The van der Waals surface area contributed by atoms with Gasteiger partial charge in [0.2, 0.25) is 0 Å². The number of carbonyl (C=O) groups excluding carboxylic acids is 2. The van der Waals surface area contributed by atoms with Crippen LogP contribution in [0.2, 0.25) is 0 Å². The maximum atomic E-state index is 11.9. The third-order valence-corrected chi connectivity index (χ3v) is 5.82. The van der Waals surface area contributed by atoms with Crippen LogP contribution >= 0.6 is 0 Å². The van der Waals surface area contributed by atoms with E-state index in [0.717, 1.165) is 38.5 Å². The van der Waals surface area contributed by atoms with Crippen LogP contribution in [0.4, 0.5) is 0 Å². The molecule has 0 bridgehead atoms. The second kappa shape index (κ2) is 25.9. The van der Waals surface area contributed by atoms with Gasteiger partial charge in [0, 0.05) is 19.3 Å². The van der Waals surface area contributed by atoms with Crippen molar-refractivity contribution in [3.05, 3.63) is 24.3 Å². The summed E-state index contributed by atoms with van der Waals surface area (Å²) in [6, 6.07) is 0. The summed E-state index contributed by atoms with van der Waals surface area (Å²) in [6.45, 7) is 2.02. The summed E-state index contributed by atoms with van der Waals surface area (Å²) in [5.41, 5.74) is 0. The molecule has 0 spiro atoms. The number of hydrogen-bond donors (Lipinski definition) is 2. The minimum absolute atomic E-state index is 0.00142. The number of ether oxygens (including phenoxy) is 2. The molecule has 7 nitrogen and oxygen atoms in total. The number of aliphatic hydroxyl groups excluding tert-OH is 1. The van der Waals surface area contributed by atoms with Crippen molar-refractivity contribution in [1.29, 1.82) is 0 Å². The first-order valence-corrected chi connectivity index (χ1v) is 13.9. The minimum Gasteiger partial charge on any atom is -0.481 e. The molecule has 0 saturated heterocycles. The van der Waals surface area contributed by atoms with Crippen molar-refractivity contribution in [2.45, 2.75) is 116 Å². The zero-order valence-corrected chi connectivity index (χ0v) is 22.5. The Morgan fingerprint density at radius 1 is 0.667 bits per heavy atom. The Balaban J connectivity index is 3.63. The number of rotatable bonds is 25. The monoisotopic (exact) mass is 510 g/mol. The van der Waals surface area contributed by atoms with Crippen molar-refractivity contribution in [3.63, 3.8) is 0 Å². The average Bonchev–Trinajstić information content (AvgIpc) is 2.86. The fourth-order valence-corrected chi connectivity index (χ4v) is 3.52. The van der Waals surface area contributed by atoms with Gasteiger partial charge >= 0.3 is 17.9 Å². The van der Waals surface area contributed by atoms with Crippen molar-refractivity contribution in [2.75, 3.05) is 19.8 Å². The summed E-state index contributed by atoms with van der Waals surface area (Å²) >= 11 is 0. The number of unbranched alkanes of at least 4 members (excludes halogenated alkanes) is 10. The van der Waals surface area contributed by atoms with E-state index in [-0.39, 0.29) is 44.6 Å². The number of carboxylic acid groups (broad SMARTS) is 1. The number of carbonyl (C=O) groups is 3. The number of aliphatic hydroxyl groups is 1. The fraction of sp³-hybridized carbons (Fsp3) is 0.759. The Morgan fingerprint density at radius 2 is 1.14 bits per heavy atom. The molecule has 0 aromatic carbocycles. The van der Waals surface area contributed by atoms with Crippen LogP contribution in [0.25, 0.3) is 0 Å². The molecule has 0 amide bonds. The van der Waals surface area contributed by atoms with E-state index in [0.29, 0.717) is 25.7 Å². The lowest BCUT2D eigenvalue weighted by atomic mass is 10.1. The van der Waals surface area contributed by atoms with E-state index >= 15 is 0 Å². The van der Waals surface area contributed by atoms with Crippen LogP contribution in [0.1, 0.15) is 116 Å². The van der Waals surface area contributed by atoms with Crippen molar-refractivity contribution in [3.8, 4) is 0 Å². The Labute approximate surface area is 218 Å². The Kier molecular flexibility index (Phi) is 24.4. The maximum absolute atomic E-state index is 11.9. The summed E-state index contributed by atoms with van der Waals surface area (Å²) < 4.78 is 10.4. The Hall–Kier alpha value is -2.15. The van der Waals surface area contributed by atoms with Gasteiger partial charge in [0.25, 0.3) is 0 Å². The highest BCUT2D eigenvalue weighted by Crippen LogP contribution is 2.10. The van der Waals surface area contributed by atoms with Gasteiger partial charge in [-0.3, -0.25) is 14.4 Å². The highest BCUT2D eigenvalue weighted by Gasteiger charge is 2.14. The molecule has 7 heteroatoms. The molecule has 0 aliphatic rings. The molecule has 2 N–H and O–H groups in total. The van der Waals surface area contributed by atoms with E-state index in [1.807, 2.05) is 0 Å². The summed E-state index contributed by atoms with van der Waals surface area (Å²) in [7, 11) is 0. The van der Waals surface area contributed by atoms with Gasteiger partial charge in [0.05, 0.1) is 25.7 Å². The van der Waals surface area contributed by atoms with Crippen LogP contribution in [-0.2, 0) is 23.9 Å². The van der Waals surface area contributed by atoms with Gasteiger partial charge in [-0.05, 0) is 51.4 Å². The van der Waals surface area contributed by atoms with Crippen LogP contribution in [-0.4, -0.2) is 47.9 Å². The van der Waals surface area contributed by atoms with Gasteiger partial charge in [0.15, 0.2) is 0 Å². The predicted molar refractivity (Wildman–Crippen MR) is 143 cm³/mol. The lowest BCUT2D eigenvalue weighted by Gasteiger charge is -2.15. The smallest absolute Gasteiger partial charge is 0.305 e. The zero-order valence-electron chi connectivity index (χ0n) is 22.5. The second-order valence-corrected chi connectivity index (χ2v) is 9.35. The van der Waals surface area contributed by atoms with Crippen molar-refractivity contribution in [1.82, 2.24) is 0 Å². The molecule has 0 aromatic heterocycles. The Morgan fingerprint density at radius 3 is 1.67 bits per heavy atom. The lowest BCUT2D eigenvalue weighted by Crippen LogP contribution is -2.23. The third-order valence-electron chi connectivity index (χ3n) is 5.82. The van der Waals surface area contributed by atoms with Crippen LogP contribution in [0.15, 0.2) is 24.3 Å². The number of allylic oxidation sites excluding steroid dienone is 4. The topological polar surface area (TPSA) is 110 Å². The quantitative estimate of drug-likeness (QED) is 0.0816. The highest BCUT2D eigenvalue weighted by atomic mass is 16.5. The van der Waals surface area contributed by atoms with Gasteiger partial charge < -0.3 is 19.7 Å². The normalized spacial score (nSPS) is 12.3. The van der Waals surface area contributed by atoms with Gasteiger partial charge in [-0.15, -0.1) is 0 Å². The molecule has 0 aromatic rings. The van der Waals surface area contributed by atoms with Crippen LogP contribution in [0.3, 0.4) is 0 Å². The third kappa shape index (κ3) is 25.0. The number of hydrogen-bond acceptors (Lipinski definition) is 6. The molecule has 208 valence electrons. The minimum atomic E-state index is -0.839. The molecule has 0 aliphatic heterocycles. The standard InChI is InChI=1S/C29H50O7/c1-2-3-4-5-6-7-8-9-10-11-12-13-14-15-18-21-28(33)35-24-26(23-30)25-36-29(34)22-19-16-17-20-27(31)32/h6-7,9-10,26,30H,2-5,8,11-25H2,1H3,(H,31,32)/b7-6-,10-9-. The number of aliphatic carboxylic acids is 1. The van der Waals surface area contributed by atoms with E-state index < -0.39 is 11.9 Å². The van der Waals surface area contributed by atoms with Crippen molar-refractivity contribution >= 4 is 17.9 Å². The SMILES string of the molecule is CCCCC/C=C\C/C=C\CCCCCCCC(=O)OCC(CO)COC(=O)CCCCCC(=O)O. The number of esters is 2. The molecular weight excluding hydrogens is 460 g/mol. The van der Waals surface area contributed by atoms with Crippen LogP contribution < -0.4 is 0 Å². The molecule has 36 heavy (non-hydrogen) atoms. The zero-order chi connectivity index (χ0) is 26.7. The average molecular weight is 511 g/mol. The summed E-state index contributed by atoms with van der Waals surface area (Å²) in [4.78, 5) is 34.1. The molecule has 0 rings (SSSR count). The number of carboxylic acids is 1. The van der Waals surface area contributed by atoms with Crippen molar-refractivity contribution in [2.24, 2.45) is 5.92 Å². The molecule has 1 unspecified atom stereocenters. The van der Waals surface area contributed by atoms with Gasteiger partial charge in [-0.25, -0.2) is 0 Å². The van der Waals surface area contributed by atoms with E-state index in [1.54, 1.807) is 0 Å². The van der Waals surface area contributed by atoms with E-state index in [2.05, 4.69) is 31.2 Å². The van der Waals surface area contributed by atoms with E-state index in [9.17, 15) is 19.5 Å². The molecule has 0 fully saturated rings. The van der Waals surface area contributed by atoms with Crippen molar-refractivity contribution < 1.29 is 34.1 Å². The van der Waals surface area contributed by atoms with Crippen LogP contribution in [0, 0.1) is 5.92 Å². The molecule has 0 saturated carbocycles. The largest absolute Gasteiger partial charge is 0.481 e. The first-order chi connectivity index (χ1) is 17.5. The maximum Gasteiger partial charge on any atom is 0.305 e. The van der Waals surface area contributed by atoms with E-state index in [1.165, 1.54) is 32.1 Å². The van der Waals surface area contributed by atoms with Gasteiger partial charge in [0.1, 0.15) is 0 Å². The van der Waals surface area contributed by atoms with Gasteiger partial charge in [-0.2, -0.15) is 0 Å². The summed E-state index contributed by atoms with van der Waals surface area (Å²) in [5.74, 6) is -1.95. The molecule has 1 atom stereocenters. The predicted octanol–water partition coefficient (Wildman–Crippen LogP) is 6.53. The molecule has 0 aliphatic carbocycles. The summed E-state index contributed by atoms with van der Waals surface area (Å²) in [6.07, 6.45) is 23.8.